The van der Waals surface area contributed by atoms with Gasteiger partial charge in [0.1, 0.15) is 0 Å². The van der Waals surface area contributed by atoms with Gasteiger partial charge in [0.2, 0.25) is 5.91 Å². The Kier molecular flexibility index (Phi) is 6.32. The molecule has 2 N–H and O–H groups in total. The van der Waals surface area contributed by atoms with Crippen LogP contribution in [0, 0.1) is 34.6 Å². The van der Waals surface area contributed by atoms with Gasteiger partial charge in [-0.05, 0) is 70.0 Å². The fraction of sp³-hybridized carbons (Fsp3) is 0.250. The highest BCUT2D eigenvalue weighted by molar-refractivity contribution is 6.30. The molecule has 0 atom stereocenters. The minimum absolute atomic E-state index is 0.105. The van der Waals surface area contributed by atoms with E-state index in [9.17, 15) is 9.59 Å². The molecule has 0 aliphatic heterocycles. The molecule has 0 unspecified atom stereocenters. The van der Waals surface area contributed by atoms with Gasteiger partial charge >= 0.3 is 0 Å². The zero-order valence-corrected chi connectivity index (χ0v) is 18.6. The molecule has 1 heterocycles. The average Bonchev–Trinajstić information content (AvgIpc) is 2.97. The van der Waals surface area contributed by atoms with Crippen molar-refractivity contribution in [2.45, 2.75) is 34.6 Å². The first-order valence-electron chi connectivity index (χ1n) is 9.78. The third kappa shape index (κ3) is 4.57. The number of anilines is 1. The van der Waals surface area contributed by atoms with E-state index in [0.29, 0.717) is 10.6 Å². The number of halogens is 1. The van der Waals surface area contributed by atoms with Crippen LogP contribution in [0.5, 0.6) is 0 Å². The Morgan fingerprint density at radius 3 is 2.27 bits per heavy atom. The number of carbonyl (C=O) groups is 2. The van der Waals surface area contributed by atoms with Crippen LogP contribution >= 0.6 is 11.6 Å². The molecular weight excluding hydrogens is 398 g/mol. The van der Waals surface area contributed by atoms with Crippen molar-refractivity contribution in [3.05, 3.63) is 81.1 Å². The first kappa shape index (κ1) is 21.7. The average molecular weight is 424 g/mol. The Balaban J connectivity index is 1.71. The summed E-state index contributed by atoms with van der Waals surface area (Å²) in [6.45, 7) is 9.64. The van der Waals surface area contributed by atoms with E-state index < -0.39 is 0 Å². The molecule has 0 bridgehead atoms. The molecule has 2 amide bonds. The Morgan fingerprint density at radius 1 is 0.967 bits per heavy atom. The third-order valence-electron chi connectivity index (χ3n) is 5.09. The number of amides is 2. The molecule has 2 aromatic carbocycles. The molecule has 0 fully saturated rings. The lowest BCUT2D eigenvalue weighted by Gasteiger charge is -2.13. The smallest absolute Gasteiger partial charge is 0.253 e. The summed E-state index contributed by atoms with van der Waals surface area (Å²) in [5, 5.41) is 6.25. The van der Waals surface area contributed by atoms with Crippen molar-refractivity contribution in [3.8, 4) is 5.69 Å². The fourth-order valence-corrected chi connectivity index (χ4v) is 4.01. The lowest BCUT2D eigenvalue weighted by molar-refractivity contribution is -0.115. The quantitative estimate of drug-likeness (QED) is 0.603. The highest BCUT2D eigenvalue weighted by Crippen LogP contribution is 2.23. The van der Waals surface area contributed by atoms with Crippen LogP contribution in [0.3, 0.4) is 0 Å². The SMILES string of the molecule is Cc1cc(C)c(NC(=O)CNC(=O)c2cc(C)n(-c3cccc(Cl)c3)c2C)c(C)c1. The Labute approximate surface area is 182 Å². The first-order valence-corrected chi connectivity index (χ1v) is 10.2. The fourth-order valence-electron chi connectivity index (χ4n) is 3.82. The molecule has 156 valence electrons. The summed E-state index contributed by atoms with van der Waals surface area (Å²) in [5.41, 5.74) is 7.05. The van der Waals surface area contributed by atoms with E-state index in [1.807, 2.05) is 81.7 Å². The second kappa shape index (κ2) is 8.76. The molecule has 0 saturated carbocycles. The van der Waals surface area contributed by atoms with Crippen LogP contribution in [-0.2, 0) is 4.79 Å². The molecule has 0 saturated heterocycles. The summed E-state index contributed by atoms with van der Waals surface area (Å²) in [5.74, 6) is -0.550. The number of aromatic nitrogens is 1. The zero-order valence-electron chi connectivity index (χ0n) is 17.9. The van der Waals surface area contributed by atoms with Gasteiger partial charge in [0.25, 0.3) is 5.91 Å². The topological polar surface area (TPSA) is 63.1 Å². The number of nitrogens with one attached hydrogen (secondary N) is 2. The summed E-state index contributed by atoms with van der Waals surface area (Å²) in [7, 11) is 0. The molecule has 0 aliphatic rings. The number of hydrogen-bond donors (Lipinski definition) is 2. The highest BCUT2D eigenvalue weighted by atomic mass is 35.5. The van der Waals surface area contributed by atoms with Crippen LogP contribution in [0.25, 0.3) is 5.69 Å². The van der Waals surface area contributed by atoms with Crippen LogP contribution in [0.4, 0.5) is 5.69 Å². The van der Waals surface area contributed by atoms with E-state index in [-0.39, 0.29) is 18.4 Å². The Bertz CT molecular complexity index is 1110. The van der Waals surface area contributed by atoms with Crippen LogP contribution in [0.2, 0.25) is 5.02 Å². The molecule has 0 aliphatic carbocycles. The lowest BCUT2D eigenvalue weighted by atomic mass is 10.1. The number of rotatable bonds is 5. The van der Waals surface area contributed by atoms with Crippen molar-refractivity contribution in [1.82, 2.24) is 9.88 Å². The van der Waals surface area contributed by atoms with E-state index in [2.05, 4.69) is 10.6 Å². The summed E-state index contributed by atoms with van der Waals surface area (Å²) >= 11 is 6.11. The maximum atomic E-state index is 12.7. The van der Waals surface area contributed by atoms with Crippen molar-refractivity contribution in [2.24, 2.45) is 0 Å². The van der Waals surface area contributed by atoms with Gasteiger partial charge in [-0.1, -0.05) is 35.4 Å². The monoisotopic (exact) mass is 423 g/mol. The second-order valence-corrected chi connectivity index (χ2v) is 8.04. The van der Waals surface area contributed by atoms with E-state index in [1.54, 1.807) is 0 Å². The van der Waals surface area contributed by atoms with Crippen LogP contribution < -0.4 is 10.6 Å². The zero-order chi connectivity index (χ0) is 22.0. The summed E-state index contributed by atoms with van der Waals surface area (Å²) in [4.78, 5) is 25.1. The van der Waals surface area contributed by atoms with Gasteiger partial charge in [-0.15, -0.1) is 0 Å². The van der Waals surface area contributed by atoms with Crippen molar-refractivity contribution in [1.29, 1.82) is 0 Å². The summed E-state index contributed by atoms with van der Waals surface area (Å²) in [6, 6.07) is 13.3. The standard InChI is InChI=1S/C24H26ClN3O2/c1-14-9-15(2)23(16(3)10-14)27-22(29)13-26-24(30)21-11-17(4)28(18(21)5)20-8-6-7-19(25)12-20/h6-12H,13H2,1-5H3,(H,26,30)(H,27,29). The van der Waals surface area contributed by atoms with Gasteiger partial charge in [0.15, 0.2) is 0 Å². The maximum Gasteiger partial charge on any atom is 0.253 e. The maximum absolute atomic E-state index is 12.7. The van der Waals surface area contributed by atoms with Gasteiger partial charge in [-0.25, -0.2) is 0 Å². The predicted molar refractivity (Wildman–Crippen MR) is 122 cm³/mol. The minimum Gasteiger partial charge on any atom is -0.343 e. The summed E-state index contributed by atoms with van der Waals surface area (Å²) in [6.07, 6.45) is 0. The lowest BCUT2D eigenvalue weighted by Crippen LogP contribution is -2.33. The predicted octanol–water partition coefficient (Wildman–Crippen LogP) is 5.04. The van der Waals surface area contributed by atoms with E-state index >= 15 is 0 Å². The first-order chi connectivity index (χ1) is 14.2. The number of carbonyl (C=O) groups excluding carboxylic acids is 2. The molecule has 0 spiro atoms. The molecule has 3 rings (SSSR count). The number of nitrogens with zero attached hydrogens (tertiary/aromatic N) is 1. The molecule has 0 radical (unpaired) electrons. The van der Waals surface area contributed by atoms with Gasteiger partial charge in [-0.3, -0.25) is 9.59 Å². The van der Waals surface area contributed by atoms with E-state index in [0.717, 1.165) is 39.5 Å². The molecule has 3 aromatic rings. The van der Waals surface area contributed by atoms with Crippen molar-refractivity contribution < 1.29 is 9.59 Å². The Hall–Kier alpha value is -3.05. The molecular formula is C24H26ClN3O2. The van der Waals surface area contributed by atoms with E-state index in [1.165, 1.54) is 0 Å². The third-order valence-corrected chi connectivity index (χ3v) is 5.33. The summed E-state index contributed by atoms with van der Waals surface area (Å²) < 4.78 is 1.97. The molecule has 5 nitrogen and oxygen atoms in total. The minimum atomic E-state index is -0.288. The number of aryl methyl sites for hydroxylation is 4. The van der Waals surface area contributed by atoms with Gasteiger partial charge < -0.3 is 15.2 Å². The van der Waals surface area contributed by atoms with Crippen molar-refractivity contribution in [2.75, 3.05) is 11.9 Å². The van der Waals surface area contributed by atoms with Crippen molar-refractivity contribution in [3.63, 3.8) is 0 Å². The van der Waals surface area contributed by atoms with Crippen molar-refractivity contribution >= 4 is 29.1 Å². The van der Waals surface area contributed by atoms with Crippen LogP contribution in [-0.4, -0.2) is 22.9 Å². The van der Waals surface area contributed by atoms with Gasteiger partial charge in [0.05, 0.1) is 12.1 Å². The second-order valence-electron chi connectivity index (χ2n) is 7.60. The highest BCUT2D eigenvalue weighted by Gasteiger charge is 2.18. The number of benzene rings is 2. The molecule has 30 heavy (non-hydrogen) atoms. The molecule has 6 heteroatoms. The van der Waals surface area contributed by atoms with E-state index in [4.69, 9.17) is 11.6 Å². The van der Waals surface area contributed by atoms with Gasteiger partial charge in [0, 0.05) is 27.8 Å². The van der Waals surface area contributed by atoms with Crippen LogP contribution in [0.1, 0.15) is 38.4 Å². The normalized spacial score (nSPS) is 10.7. The Morgan fingerprint density at radius 2 is 1.63 bits per heavy atom. The number of hydrogen-bond acceptors (Lipinski definition) is 2. The van der Waals surface area contributed by atoms with Crippen LogP contribution in [0.15, 0.2) is 42.5 Å². The largest absolute Gasteiger partial charge is 0.343 e. The molecule has 1 aromatic heterocycles. The van der Waals surface area contributed by atoms with Gasteiger partial charge in [-0.2, -0.15) is 0 Å².